The Morgan fingerprint density at radius 1 is 0.833 bits per heavy atom. The lowest BCUT2D eigenvalue weighted by atomic mass is 10.1. The van der Waals surface area contributed by atoms with Crippen LogP contribution in [0.4, 0.5) is 11.6 Å². The average Bonchev–Trinajstić information content (AvgIpc) is 2.67. The Balaban J connectivity index is 1.72. The first-order valence-electron chi connectivity index (χ1n) is 9.01. The Morgan fingerprint density at radius 2 is 1.37 bits per heavy atom. The molecule has 0 aliphatic carbocycles. The third-order valence-corrected chi connectivity index (χ3v) is 5.53. The fraction of sp³-hybridized carbons (Fsp3) is 0.143. The number of benzene rings is 2. The zero-order chi connectivity index (χ0) is 21.9. The number of Topliss-reactive ketones (excluding diaryl/α,β-unsaturated/α-hetero) is 1. The molecule has 9 heteroatoms. The second-order valence-corrected chi connectivity index (χ2v) is 8.37. The second-order valence-electron chi connectivity index (χ2n) is 6.69. The normalized spacial score (nSPS) is 11.0. The van der Waals surface area contributed by atoms with E-state index in [1.54, 1.807) is 44.2 Å². The van der Waals surface area contributed by atoms with Crippen molar-refractivity contribution in [1.82, 2.24) is 9.97 Å². The van der Waals surface area contributed by atoms with Crippen LogP contribution in [0.1, 0.15) is 39.0 Å². The third kappa shape index (κ3) is 5.06. The third-order valence-electron chi connectivity index (χ3n) is 4.18. The molecule has 1 amide bonds. The van der Waals surface area contributed by atoms with E-state index in [1.807, 2.05) is 0 Å². The molecule has 0 spiro atoms. The van der Waals surface area contributed by atoms with E-state index in [0.717, 1.165) is 0 Å². The Hall–Kier alpha value is -3.59. The van der Waals surface area contributed by atoms with Gasteiger partial charge >= 0.3 is 0 Å². The highest BCUT2D eigenvalue weighted by atomic mass is 32.2. The summed E-state index contributed by atoms with van der Waals surface area (Å²) in [5, 5.41) is 2.69. The monoisotopic (exact) mass is 424 g/mol. The number of amides is 1. The van der Waals surface area contributed by atoms with Crippen LogP contribution in [0, 0.1) is 13.8 Å². The number of rotatable bonds is 6. The Kier molecular flexibility index (Phi) is 5.93. The molecule has 2 N–H and O–H groups in total. The number of carbonyl (C=O) groups excluding carboxylic acids is 2. The molecule has 3 aromatic rings. The van der Waals surface area contributed by atoms with Gasteiger partial charge in [-0.15, -0.1) is 0 Å². The molecule has 8 nitrogen and oxygen atoms in total. The largest absolute Gasteiger partial charge is 0.322 e. The molecule has 0 aliphatic heterocycles. The molecule has 2 aromatic carbocycles. The lowest BCUT2D eigenvalue weighted by molar-refractivity contribution is 0.101. The quantitative estimate of drug-likeness (QED) is 0.586. The predicted molar refractivity (Wildman–Crippen MR) is 113 cm³/mol. The number of aromatic nitrogens is 2. The molecule has 3 rings (SSSR count). The SMILES string of the molecule is CC(=O)c1ccc(C(=O)Nc2ccc(S(=O)(=O)Nc3nc(C)cc(C)n3)cc2)cc1. The molecule has 0 saturated heterocycles. The summed E-state index contributed by atoms with van der Waals surface area (Å²) in [5.41, 5.74) is 2.62. The first-order valence-corrected chi connectivity index (χ1v) is 10.5. The Morgan fingerprint density at radius 3 is 1.90 bits per heavy atom. The first kappa shape index (κ1) is 21.1. The number of anilines is 2. The summed E-state index contributed by atoms with van der Waals surface area (Å²) in [5.74, 6) is -0.458. The van der Waals surface area contributed by atoms with E-state index >= 15 is 0 Å². The molecule has 30 heavy (non-hydrogen) atoms. The highest BCUT2D eigenvalue weighted by Crippen LogP contribution is 2.18. The summed E-state index contributed by atoms with van der Waals surface area (Å²) >= 11 is 0. The van der Waals surface area contributed by atoms with Crippen LogP contribution in [0.3, 0.4) is 0 Å². The fourth-order valence-corrected chi connectivity index (χ4v) is 3.67. The van der Waals surface area contributed by atoms with Crippen LogP contribution < -0.4 is 10.0 Å². The van der Waals surface area contributed by atoms with E-state index in [1.165, 1.54) is 31.2 Å². The lowest BCUT2D eigenvalue weighted by Gasteiger charge is -2.09. The molecular weight excluding hydrogens is 404 g/mol. The average molecular weight is 424 g/mol. The summed E-state index contributed by atoms with van der Waals surface area (Å²) < 4.78 is 27.5. The van der Waals surface area contributed by atoms with Gasteiger partial charge in [0.1, 0.15) is 0 Å². The molecule has 1 aromatic heterocycles. The molecule has 0 bridgehead atoms. The van der Waals surface area contributed by atoms with Crippen LogP contribution in [0.5, 0.6) is 0 Å². The van der Waals surface area contributed by atoms with E-state index in [2.05, 4.69) is 20.0 Å². The van der Waals surface area contributed by atoms with E-state index in [4.69, 9.17) is 0 Å². The van der Waals surface area contributed by atoms with Crippen molar-refractivity contribution in [3.8, 4) is 0 Å². The van der Waals surface area contributed by atoms with Crippen molar-refractivity contribution in [2.45, 2.75) is 25.7 Å². The van der Waals surface area contributed by atoms with Gasteiger partial charge in [-0.05, 0) is 63.2 Å². The molecular formula is C21H20N4O4S. The van der Waals surface area contributed by atoms with E-state index in [9.17, 15) is 18.0 Å². The van der Waals surface area contributed by atoms with Crippen LogP contribution in [-0.4, -0.2) is 30.1 Å². The number of carbonyl (C=O) groups is 2. The molecule has 0 fully saturated rings. The van der Waals surface area contributed by atoms with Gasteiger partial charge in [0.25, 0.3) is 15.9 Å². The fourth-order valence-electron chi connectivity index (χ4n) is 2.73. The van der Waals surface area contributed by atoms with E-state index in [-0.39, 0.29) is 22.5 Å². The summed E-state index contributed by atoms with van der Waals surface area (Å²) in [7, 11) is -3.88. The number of hydrogen-bond donors (Lipinski definition) is 2. The number of nitrogens with zero attached hydrogens (tertiary/aromatic N) is 2. The number of nitrogens with one attached hydrogen (secondary N) is 2. The van der Waals surface area contributed by atoms with Gasteiger partial charge in [-0.25, -0.2) is 23.1 Å². The molecule has 0 atom stereocenters. The van der Waals surface area contributed by atoms with Crippen LogP contribution in [0.2, 0.25) is 0 Å². The van der Waals surface area contributed by atoms with Crippen molar-refractivity contribution in [2.75, 3.05) is 10.0 Å². The van der Waals surface area contributed by atoms with Crippen molar-refractivity contribution in [3.05, 3.63) is 77.1 Å². The number of hydrogen-bond acceptors (Lipinski definition) is 6. The predicted octanol–water partition coefficient (Wildman–Crippen LogP) is 3.35. The van der Waals surface area contributed by atoms with Gasteiger partial charge in [-0.3, -0.25) is 9.59 Å². The highest BCUT2D eigenvalue weighted by Gasteiger charge is 2.16. The maximum atomic E-state index is 12.6. The highest BCUT2D eigenvalue weighted by molar-refractivity contribution is 7.92. The Bertz CT molecular complexity index is 1180. The van der Waals surface area contributed by atoms with Gasteiger partial charge in [0, 0.05) is 28.2 Å². The second kappa shape index (κ2) is 8.42. The molecule has 0 unspecified atom stereocenters. The standard InChI is InChI=1S/C21H20N4O4S/c1-13-12-14(2)23-21(22-13)25-30(28,29)19-10-8-18(9-11-19)24-20(27)17-6-4-16(5-7-17)15(3)26/h4-12H,1-3H3,(H,24,27)(H,22,23,25). The van der Waals surface area contributed by atoms with Gasteiger partial charge in [-0.1, -0.05) is 12.1 Å². The maximum Gasteiger partial charge on any atom is 0.264 e. The van der Waals surface area contributed by atoms with Crippen molar-refractivity contribution in [1.29, 1.82) is 0 Å². The number of sulfonamides is 1. The van der Waals surface area contributed by atoms with Crippen LogP contribution in [0.25, 0.3) is 0 Å². The van der Waals surface area contributed by atoms with Crippen LogP contribution >= 0.6 is 0 Å². The molecule has 0 aliphatic rings. The Labute approximate surface area is 174 Å². The minimum Gasteiger partial charge on any atom is -0.322 e. The summed E-state index contributed by atoms with van der Waals surface area (Å²) in [6.45, 7) is 4.95. The van der Waals surface area contributed by atoms with E-state index in [0.29, 0.717) is 28.2 Å². The van der Waals surface area contributed by atoms with Crippen LogP contribution in [-0.2, 0) is 10.0 Å². The van der Waals surface area contributed by atoms with Crippen molar-refractivity contribution < 1.29 is 18.0 Å². The zero-order valence-corrected chi connectivity index (χ0v) is 17.4. The lowest BCUT2D eigenvalue weighted by Crippen LogP contribution is -2.16. The van der Waals surface area contributed by atoms with Crippen molar-refractivity contribution in [2.24, 2.45) is 0 Å². The van der Waals surface area contributed by atoms with E-state index < -0.39 is 10.0 Å². The zero-order valence-electron chi connectivity index (χ0n) is 16.6. The molecule has 1 heterocycles. The molecule has 0 saturated carbocycles. The van der Waals surface area contributed by atoms with Crippen molar-refractivity contribution >= 4 is 33.3 Å². The summed E-state index contributed by atoms with van der Waals surface area (Å²) in [6.07, 6.45) is 0. The van der Waals surface area contributed by atoms with Gasteiger partial charge in [0.15, 0.2) is 5.78 Å². The summed E-state index contributed by atoms with van der Waals surface area (Å²) in [4.78, 5) is 31.8. The topological polar surface area (TPSA) is 118 Å². The van der Waals surface area contributed by atoms with Gasteiger partial charge in [0.05, 0.1) is 4.90 Å². The smallest absolute Gasteiger partial charge is 0.264 e. The van der Waals surface area contributed by atoms with Crippen molar-refractivity contribution in [3.63, 3.8) is 0 Å². The maximum absolute atomic E-state index is 12.6. The van der Waals surface area contributed by atoms with Gasteiger partial charge < -0.3 is 5.32 Å². The first-order chi connectivity index (χ1) is 14.1. The van der Waals surface area contributed by atoms with Gasteiger partial charge in [-0.2, -0.15) is 0 Å². The van der Waals surface area contributed by atoms with Gasteiger partial charge in [0.2, 0.25) is 5.95 Å². The minimum absolute atomic E-state index is 0.00103. The minimum atomic E-state index is -3.88. The number of ketones is 1. The summed E-state index contributed by atoms with van der Waals surface area (Å²) in [6, 6.07) is 13.7. The molecule has 0 radical (unpaired) electrons. The number of aryl methyl sites for hydroxylation is 2. The van der Waals surface area contributed by atoms with Crippen LogP contribution in [0.15, 0.2) is 59.5 Å². The molecule has 154 valence electrons.